The van der Waals surface area contributed by atoms with Crippen LogP contribution in [0, 0.1) is 0 Å². The number of aliphatic hydroxyl groups is 2. The molecule has 39 heavy (non-hydrogen) atoms. The summed E-state index contributed by atoms with van der Waals surface area (Å²) in [4.78, 5) is 63.6. The molecule has 1 aliphatic rings. The number of nitrogens with zero attached hydrogens (tertiary/aromatic N) is 1. The van der Waals surface area contributed by atoms with E-state index < -0.39 is 73.6 Å². The molecule has 1 aromatic heterocycles. The molecular weight excluding hydrogens is 618 g/mol. The van der Waals surface area contributed by atoms with Gasteiger partial charge in [-0.05, 0) is 12.1 Å². The summed E-state index contributed by atoms with van der Waals surface area (Å²) in [6, 6.07) is 7.81. The van der Waals surface area contributed by atoms with Crippen molar-refractivity contribution in [1.29, 1.82) is 0 Å². The first-order chi connectivity index (χ1) is 17.9. The number of H-pyrrole nitrogens is 1. The van der Waals surface area contributed by atoms with E-state index in [1.807, 2.05) is 10.1 Å². The predicted octanol–water partition coefficient (Wildman–Crippen LogP) is -0.264. The molecule has 8 N–H and O–H groups in total. The van der Waals surface area contributed by atoms with E-state index in [0.29, 0.717) is 4.57 Å². The van der Waals surface area contributed by atoms with E-state index in [2.05, 4.69) is 17.5 Å². The van der Waals surface area contributed by atoms with E-state index in [1.54, 1.807) is 0 Å². The minimum Gasteiger partial charge on any atom is -0.387 e. The van der Waals surface area contributed by atoms with Gasteiger partial charge < -0.3 is 34.5 Å². The van der Waals surface area contributed by atoms with Crippen LogP contribution in [0.15, 0.2) is 52.2 Å². The molecule has 1 fully saturated rings. The fourth-order valence-electron chi connectivity index (χ4n) is 3.04. The van der Waals surface area contributed by atoms with Gasteiger partial charge in [0, 0.05) is 18.0 Å². The lowest BCUT2D eigenvalue weighted by Gasteiger charge is -2.21. The molecule has 8 atom stereocenters. The largest absolute Gasteiger partial charge is 0.490 e. The highest BCUT2D eigenvalue weighted by atomic mass is 31.3. The van der Waals surface area contributed by atoms with Crippen molar-refractivity contribution in [3.63, 3.8) is 0 Å². The van der Waals surface area contributed by atoms with Gasteiger partial charge in [-0.15, -0.1) is 0 Å². The lowest BCUT2D eigenvalue weighted by molar-refractivity contribution is -0.0542. The van der Waals surface area contributed by atoms with E-state index in [4.69, 9.17) is 4.74 Å². The average Bonchev–Trinajstić information content (AvgIpc) is 3.04. The number of hydrogen-bond donors (Lipinski definition) is 8. The number of rotatable bonds is 12. The zero-order valence-electron chi connectivity index (χ0n) is 19.0. The molecule has 0 saturated carbocycles. The van der Waals surface area contributed by atoms with E-state index in [-0.39, 0.29) is 5.69 Å². The monoisotopic (exact) mass is 639 g/mol. The third kappa shape index (κ3) is 9.09. The molecule has 1 aliphatic heterocycles. The molecule has 1 saturated heterocycles. The Hall–Kier alpha value is -1.82. The summed E-state index contributed by atoms with van der Waals surface area (Å²) in [5.41, 5.74) is -1.86. The fraction of sp³-hybridized carbons (Fsp3) is 0.333. The average molecular weight is 639 g/mol. The number of para-hydroxylation sites is 1. The van der Waals surface area contributed by atoms with Crippen LogP contribution in [-0.2, 0) is 40.5 Å². The maximum absolute atomic E-state index is 12.1. The highest BCUT2D eigenvalue weighted by Crippen LogP contribution is 2.71. The van der Waals surface area contributed by atoms with Gasteiger partial charge in [-0.1, -0.05) is 18.2 Å². The van der Waals surface area contributed by atoms with Crippen molar-refractivity contribution in [2.75, 3.05) is 11.7 Å². The molecule has 2 heterocycles. The molecule has 0 radical (unpaired) electrons. The summed E-state index contributed by atoms with van der Waals surface area (Å²) in [5.74, 6) is 0. The van der Waals surface area contributed by atoms with Crippen molar-refractivity contribution in [2.24, 2.45) is 0 Å². The summed E-state index contributed by atoms with van der Waals surface area (Å²) in [7, 11) is -22.8. The fourth-order valence-corrected chi connectivity index (χ4v) is 8.19. The van der Waals surface area contributed by atoms with Gasteiger partial charge >= 0.3 is 36.9 Å². The van der Waals surface area contributed by atoms with Crippen LogP contribution < -0.4 is 16.3 Å². The minimum atomic E-state index is -6.03. The van der Waals surface area contributed by atoms with Gasteiger partial charge in [-0.2, -0.15) is 12.9 Å². The van der Waals surface area contributed by atoms with Crippen molar-refractivity contribution >= 4 is 36.9 Å². The number of nitrogens with one attached hydrogen (secondary N) is 2. The van der Waals surface area contributed by atoms with Crippen molar-refractivity contribution in [3.8, 4) is 0 Å². The molecule has 0 spiro atoms. The molecule has 218 valence electrons. The number of aromatic nitrogens is 2. The lowest BCUT2D eigenvalue weighted by Crippen LogP contribution is -2.37. The molecule has 1 aromatic carbocycles. The van der Waals surface area contributed by atoms with Crippen molar-refractivity contribution in [1.82, 2.24) is 9.55 Å². The number of anilines is 1. The van der Waals surface area contributed by atoms with Gasteiger partial charge in [-0.3, -0.25) is 24.0 Å². The Morgan fingerprint density at radius 2 is 1.46 bits per heavy atom. The number of aromatic amines is 1. The Kier molecular flexibility index (Phi) is 9.73. The van der Waals surface area contributed by atoms with Crippen LogP contribution in [0.2, 0.25) is 0 Å². The molecule has 0 bridgehead atoms. The van der Waals surface area contributed by atoms with Crippen molar-refractivity contribution in [2.45, 2.75) is 24.5 Å². The molecule has 2 aromatic rings. The van der Waals surface area contributed by atoms with Gasteiger partial charge in [0.25, 0.3) is 5.56 Å². The predicted molar refractivity (Wildman–Crippen MR) is 126 cm³/mol. The zero-order chi connectivity index (χ0) is 29.2. The summed E-state index contributed by atoms with van der Waals surface area (Å²) in [6.07, 6.45) is -5.98. The van der Waals surface area contributed by atoms with E-state index >= 15 is 0 Å². The first kappa shape index (κ1) is 31.7. The third-order valence-electron chi connectivity index (χ3n) is 4.54. The quantitative estimate of drug-likeness (QED) is 0.139. The first-order valence-corrected chi connectivity index (χ1v) is 16.2. The highest BCUT2D eigenvalue weighted by Gasteiger charge is 2.48. The Balaban J connectivity index is 1.59. The van der Waals surface area contributed by atoms with Crippen LogP contribution in [0.5, 0.6) is 0 Å². The molecular formula is C15H21N3O17P4. The van der Waals surface area contributed by atoms with Crippen LogP contribution in [0.3, 0.4) is 0 Å². The second-order valence-corrected chi connectivity index (χ2v) is 13.8. The molecule has 0 amide bonds. The van der Waals surface area contributed by atoms with Gasteiger partial charge in [-0.25, -0.2) is 23.1 Å². The summed E-state index contributed by atoms with van der Waals surface area (Å²) in [5, 5.41) is 22.1. The summed E-state index contributed by atoms with van der Waals surface area (Å²) < 4.78 is 69.9. The number of phosphoric acid groups is 3. The van der Waals surface area contributed by atoms with Gasteiger partial charge in [0.1, 0.15) is 18.3 Å². The highest BCUT2D eigenvalue weighted by molar-refractivity contribution is 7.71. The van der Waals surface area contributed by atoms with Gasteiger partial charge in [0.2, 0.25) is 0 Å². The Morgan fingerprint density at radius 3 is 2.08 bits per heavy atom. The Morgan fingerprint density at radius 1 is 0.872 bits per heavy atom. The van der Waals surface area contributed by atoms with E-state index in [0.717, 1.165) is 12.3 Å². The number of hydrogen-bond acceptors (Lipinski definition) is 13. The Labute approximate surface area is 216 Å². The molecule has 0 aliphatic carbocycles. The number of ether oxygens (including phenoxy) is 1. The van der Waals surface area contributed by atoms with Crippen molar-refractivity contribution < 1.29 is 70.2 Å². The molecule has 8 unspecified atom stereocenters. The summed E-state index contributed by atoms with van der Waals surface area (Å²) >= 11 is 0. The van der Waals surface area contributed by atoms with Crippen LogP contribution in [-0.4, -0.2) is 64.3 Å². The zero-order valence-corrected chi connectivity index (χ0v) is 22.5. The lowest BCUT2D eigenvalue weighted by atomic mass is 10.1. The smallest absolute Gasteiger partial charge is 0.387 e. The molecule has 24 heteroatoms. The van der Waals surface area contributed by atoms with Crippen LogP contribution in [0.4, 0.5) is 5.69 Å². The Bertz CT molecular complexity index is 1480. The maximum atomic E-state index is 12.1. The SMILES string of the molecule is O=c1ccn(C2OC(COP(=O)(O)OP(=O)(O)OP(=O)(O)OP(=O)(O)Nc3ccccc3)C(O)C2O)c(=O)[nH]1. The first-order valence-electron chi connectivity index (χ1n) is 10.1. The second-order valence-electron chi connectivity index (χ2n) is 7.51. The van der Waals surface area contributed by atoms with Gasteiger partial charge in [0.05, 0.1) is 6.61 Å². The number of aliphatic hydroxyl groups excluding tert-OH is 2. The number of benzene rings is 1. The summed E-state index contributed by atoms with van der Waals surface area (Å²) in [6.45, 7) is -1.12. The topological polar surface area (TPSA) is 303 Å². The van der Waals surface area contributed by atoms with Crippen LogP contribution in [0.1, 0.15) is 6.23 Å². The maximum Gasteiger partial charge on any atom is 0.490 e. The van der Waals surface area contributed by atoms with Gasteiger partial charge in [0.15, 0.2) is 6.23 Å². The van der Waals surface area contributed by atoms with Crippen LogP contribution >= 0.6 is 31.2 Å². The van der Waals surface area contributed by atoms with E-state index in [1.165, 1.54) is 30.3 Å². The standard InChI is InChI=1S/C15H21N3O17P4/c19-11-6-7-18(15(22)16-11)14-13(21)12(20)10(32-14)8-31-37(25,26)34-39(29,30)35-38(27,28)33-36(23,24)17-9-4-2-1-3-5-9/h1-7,10,12-14,20-21H,8H2,(H,25,26)(H,27,28)(H,29,30)(H,16,19,22)(H2,17,23,24). The normalized spacial score (nSPS) is 27.5. The van der Waals surface area contributed by atoms with E-state index in [9.17, 15) is 57.6 Å². The van der Waals surface area contributed by atoms with Crippen LogP contribution in [0.25, 0.3) is 0 Å². The number of phosphoric ester groups is 1. The second kappa shape index (κ2) is 12.0. The van der Waals surface area contributed by atoms with Crippen molar-refractivity contribution in [3.05, 3.63) is 63.4 Å². The minimum absolute atomic E-state index is 0.0610. The molecule has 20 nitrogen and oxygen atoms in total. The molecule has 3 rings (SSSR count). The third-order valence-corrected chi connectivity index (χ3v) is 10.6.